The third-order valence-corrected chi connectivity index (χ3v) is 3.29. The van der Waals surface area contributed by atoms with E-state index in [1.807, 2.05) is 0 Å². The molecule has 0 aromatic carbocycles. The Balaban J connectivity index is 2.11. The Labute approximate surface area is 132 Å². The molecule has 0 unspecified atom stereocenters. The zero-order chi connectivity index (χ0) is 16.4. The van der Waals surface area contributed by atoms with Gasteiger partial charge < -0.3 is 19.5 Å². The summed E-state index contributed by atoms with van der Waals surface area (Å²) in [7, 11) is 1.30. The van der Waals surface area contributed by atoms with E-state index in [9.17, 15) is 9.59 Å². The molecule has 7 nitrogen and oxygen atoms in total. The van der Waals surface area contributed by atoms with Crippen molar-refractivity contribution in [2.45, 2.75) is 32.8 Å². The molecule has 1 aliphatic rings. The van der Waals surface area contributed by atoms with Crippen molar-refractivity contribution in [3.63, 3.8) is 0 Å². The minimum atomic E-state index is -0.491. The van der Waals surface area contributed by atoms with Crippen LogP contribution in [0.25, 0.3) is 0 Å². The molecule has 1 atom stereocenters. The minimum Gasteiger partial charge on any atom is -0.463 e. The number of hydrogen-bond donors (Lipinski definition) is 1. The molecular weight excluding hydrogens is 288 g/mol. The van der Waals surface area contributed by atoms with E-state index in [0.717, 1.165) is 19.6 Å². The summed E-state index contributed by atoms with van der Waals surface area (Å²) in [6, 6.07) is 0. The highest BCUT2D eigenvalue weighted by Gasteiger charge is 2.22. The lowest BCUT2D eigenvalue weighted by Gasteiger charge is -2.33. The third-order valence-electron chi connectivity index (χ3n) is 3.29. The predicted octanol–water partition coefficient (Wildman–Crippen LogP) is 1.02. The van der Waals surface area contributed by atoms with Crippen molar-refractivity contribution in [1.29, 1.82) is 0 Å². The molecule has 1 fully saturated rings. The zero-order valence-corrected chi connectivity index (χ0v) is 13.8. The zero-order valence-electron chi connectivity index (χ0n) is 13.8. The highest BCUT2D eigenvalue weighted by molar-refractivity contribution is 5.69. The molecule has 1 N–H and O–H groups in total. The van der Waals surface area contributed by atoms with Crippen LogP contribution in [0.15, 0.2) is 0 Å². The molecule has 22 heavy (non-hydrogen) atoms. The number of esters is 1. The number of ether oxygens (including phenoxy) is 3. The number of morpholine rings is 1. The fourth-order valence-electron chi connectivity index (χ4n) is 2.32. The van der Waals surface area contributed by atoms with Crippen LogP contribution in [0.1, 0.15) is 26.7 Å². The monoisotopic (exact) mass is 316 g/mol. The second-order valence-corrected chi connectivity index (χ2v) is 5.85. The van der Waals surface area contributed by atoms with Gasteiger partial charge in [0.15, 0.2) is 0 Å². The highest BCUT2D eigenvalue weighted by Crippen LogP contribution is 2.08. The molecule has 0 spiro atoms. The summed E-state index contributed by atoms with van der Waals surface area (Å²) in [5.74, 6) is 0.347. The molecule has 1 saturated heterocycles. The molecule has 128 valence electrons. The fraction of sp³-hybridized carbons (Fsp3) is 0.867. The standard InChI is InChI=1S/C15H28N2O5/c1-12(2)9-17-7-8-21-13(10-17)11-22-14(18)5-4-6-16-15(19)20-3/h12-13H,4-11H2,1-3H3,(H,16,19)/t13-/m1/s1. The molecule has 7 heteroatoms. The van der Waals surface area contributed by atoms with E-state index in [1.165, 1.54) is 7.11 Å². The predicted molar refractivity (Wildman–Crippen MR) is 81.6 cm³/mol. The first-order chi connectivity index (χ1) is 10.5. The van der Waals surface area contributed by atoms with Crippen LogP contribution in [0, 0.1) is 5.92 Å². The molecule has 1 amide bonds. The van der Waals surface area contributed by atoms with Crippen molar-refractivity contribution in [2.24, 2.45) is 5.92 Å². The normalized spacial score (nSPS) is 19.0. The van der Waals surface area contributed by atoms with Crippen LogP contribution >= 0.6 is 0 Å². The molecule has 0 saturated carbocycles. The van der Waals surface area contributed by atoms with Crippen LogP contribution < -0.4 is 5.32 Å². The van der Waals surface area contributed by atoms with Crippen molar-refractivity contribution in [3.05, 3.63) is 0 Å². The van der Waals surface area contributed by atoms with Gasteiger partial charge in [0.25, 0.3) is 0 Å². The Kier molecular flexibility index (Phi) is 8.84. The van der Waals surface area contributed by atoms with E-state index in [0.29, 0.717) is 25.5 Å². The topological polar surface area (TPSA) is 77.1 Å². The Bertz CT molecular complexity index is 349. The summed E-state index contributed by atoms with van der Waals surface area (Å²) in [5, 5.41) is 2.52. The number of carbonyl (C=O) groups excluding carboxylic acids is 2. The van der Waals surface area contributed by atoms with E-state index < -0.39 is 6.09 Å². The first kappa shape index (κ1) is 18.7. The fourth-order valence-corrected chi connectivity index (χ4v) is 2.32. The number of alkyl carbamates (subject to hydrolysis) is 1. The lowest BCUT2D eigenvalue weighted by molar-refractivity contribution is -0.150. The van der Waals surface area contributed by atoms with Gasteiger partial charge in [-0.1, -0.05) is 13.8 Å². The van der Waals surface area contributed by atoms with E-state index in [-0.39, 0.29) is 25.1 Å². The first-order valence-electron chi connectivity index (χ1n) is 7.82. The summed E-state index contributed by atoms with van der Waals surface area (Å²) in [6.45, 7) is 8.50. The highest BCUT2D eigenvalue weighted by atomic mass is 16.6. The van der Waals surface area contributed by atoms with E-state index in [4.69, 9.17) is 9.47 Å². The average Bonchev–Trinajstić information content (AvgIpc) is 2.49. The summed E-state index contributed by atoms with van der Waals surface area (Å²) in [5.41, 5.74) is 0. The van der Waals surface area contributed by atoms with Crippen LogP contribution in [-0.4, -0.2) is 69.6 Å². The van der Waals surface area contributed by atoms with E-state index in [1.54, 1.807) is 0 Å². The van der Waals surface area contributed by atoms with Gasteiger partial charge in [-0.25, -0.2) is 4.79 Å². The average molecular weight is 316 g/mol. The van der Waals surface area contributed by atoms with Crippen molar-refractivity contribution in [2.75, 3.05) is 46.5 Å². The number of nitrogens with one attached hydrogen (secondary N) is 1. The van der Waals surface area contributed by atoms with Gasteiger partial charge in [0.1, 0.15) is 12.7 Å². The van der Waals surface area contributed by atoms with Crippen molar-refractivity contribution in [1.82, 2.24) is 10.2 Å². The number of amides is 1. The summed E-state index contributed by atoms with van der Waals surface area (Å²) in [6.07, 6.45) is 0.254. The Morgan fingerprint density at radius 1 is 1.41 bits per heavy atom. The van der Waals surface area contributed by atoms with Crippen LogP contribution in [0.4, 0.5) is 4.79 Å². The number of carbonyl (C=O) groups is 2. The maximum Gasteiger partial charge on any atom is 0.406 e. The number of methoxy groups -OCH3 is 1. The van der Waals surface area contributed by atoms with E-state index in [2.05, 4.69) is 28.8 Å². The van der Waals surface area contributed by atoms with Crippen LogP contribution in [-0.2, 0) is 19.0 Å². The Morgan fingerprint density at radius 3 is 2.86 bits per heavy atom. The Morgan fingerprint density at radius 2 is 2.18 bits per heavy atom. The molecule has 1 rings (SSSR count). The van der Waals surface area contributed by atoms with Crippen LogP contribution in [0.3, 0.4) is 0 Å². The quantitative estimate of drug-likeness (QED) is 0.532. The van der Waals surface area contributed by atoms with E-state index >= 15 is 0 Å². The van der Waals surface area contributed by atoms with Gasteiger partial charge in [0, 0.05) is 32.6 Å². The summed E-state index contributed by atoms with van der Waals surface area (Å²) >= 11 is 0. The van der Waals surface area contributed by atoms with Gasteiger partial charge in [-0.3, -0.25) is 9.69 Å². The minimum absolute atomic E-state index is 0.0513. The summed E-state index contributed by atoms with van der Waals surface area (Å²) < 4.78 is 15.3. The van der Waals surface area contributed by atoms with Gasteiger partial charge in [0.2, 0.25) is 0 Å². The molecular formula is C15H28N2O5. The number of hydrogen-bond acceptors (Lipinski definition) is 6. The van der Waals surface area contributed by atoms with Crippen molar-refractivity contribution >= 4 is 12.1 Å². The molecule has 0 aliphatic carbocycles. The van der Waals surface area contributed by atoms with Crippen LogP contribution in [0.5, 0.6) is 0 Å². The van der Waals surface area contributed by atoms with Gasteiger partial charge >= 0.3 is 12.1 Å². The molecule has 0 bridgehead atoms. The van der Waals surface area contributed by atoms with Gasteiger partial charge in [-0.15, -0.1) is 0 Å². The van der Waals surface area contributed by atoms with Crippen molar-refractivity contribution in [3.8, 4) is 0 Å². The second kappa shape index (κ2) is 10.4. The number of nitrogens with zero attached hydrogens (tertiary/aromatic N) is 1. The second-order valence-electron chi connectivity index (χ2n) is 5.85. The lowest BCUT2D eigenvalue weighted by Crippen LogP contribution is -2.45. The smallest absolute Gasteiger partial charge is 0.406 e. The number of rotatable bonds is 8. The maximum atomic E-state index is 11.6. The molecule has 1 aliphatic heterocycles. The third kappa shape index (κ3) is 8.19. The molecule has 1 heterocycles. The molecule has 0 radical (unpaired) electrons. The lowest BCUT2D eigenvalue weighted by atomic mass is 10.2. The Hall–Kier alpha value is -1.34. The largest absolute Gasteiger partial charge is 0.463 e. The van der Waals surface area contributed by atoms with Gasteiger partial charge in [0.05, 0.1) is 13.7 Å². The van der Waals surface area contributed by atoms with Gasteiger partial charge in [-0.05, 0) is 12.3 Å². The van der Waals surface area contributed by atoms with Crippen molar-refractivity contribution < 1.29 is 23.8 Å². The first-order valence-corrected chi connectivity index (χ1v) is 7.82. The maximum absolute atomic E-state index is 11.6. The summed E-state index contributed by atoms with van der Waals surface area (Å²) in [4.78, 5) is 24.8. The molecule has 0 aromatic rings. The van der Waals surface area contributed by atoms with Crippen LogP contribution in [0.2, 0.25) is 0 Å². The van der Waals surface area contributed by atoms with Gasteiger partial charge in [-0.2, -0.15) is 0 Å². The SMILES string of the molecule is COC(=O)NCCCC(=O)OC[C@H]1CN(CC(C)C)CCO1. The molecule has 0 aromatic heterocycles.